The highest BCUT2D eigenvalue weighted by Gasteiger charge is 2.27. The van der Waals surface area contributed by atoms with Crippen LogP contribution in [-0.2, 0) is 24.3 Å². The van der Waals surface area contributed by atoms with Crippen LogP contribution < -0.4 is 26.1 Å². The summed E-state index contributed by atoms with van der Waals surface area (Å²) in [4.78, 5) is 37.5. The summed E-state index contributed by atoms with van der Waals surface area (Å²) in [5.74, 6) is 2.24. The van der Waals surface area contributed by atoms with Gasteiger partial charge in [0.25, 0.3) is 5.56 Å². The first-order chi connectivity index (χ1) is 17.0. The fourth-order valence-corrected chi connectivity index (χ4v) is 4.97. The van der Waals surface area contributed by atoms with Crippen molar-refractivity contribution in [3.05, 3.63) is 52.5 Å². The summed E-state index contributed by atoms with van der Waals surface area (Å²) in [5, 5.41) is 3.54. The third-order valence-corrected chi connectivity index (χ3v) is 7.00. The molecular formula is C25H30N6O4. The van der Waals surface area contributed by atoms with E-state index >= 15 is 0 Å². The third-order valence-electron chi connectivity index (χ3n) is 7.00. The Morgan fingerprint density at radius 1 is 1.20 bits per heavy atom. The van der Waals surface area contributed by atoms with Gasteiger partial charge >= 0.3 is 0 Å². The number of carbonyl (C=O) groups is 1. The number of nitrogens with zero attached hydrogens (tertiary/aromatic N) is 4. The van der Waals surface area contributed by atoms with Crippen molar-refractivity contribution in [3.63, 3.8) is 0 Å². The fourth-order valence-electron chi connectivity index (χ4n) is 4.97. The van der Waals surface area contributed by atoms with Crippen molar-refractivity contribution in [1.29, 1.82) is 0 Å². The SMILES string of the molecule is COc1cnc2ccc(=O)n(CC(N)C3CCC(NCc4ncc5c(n4)CC(=O)CO5)CC3)c2c1. The summed E-state index contributed by atoms with van der Waals surface area (Å²) in [5.41, 5.74) is 8.66. The highest BCUT2D eigenvalue weighted by atomic mass is 16.5. The molecule has 35 heavy (non-hydrogen) atoms. The smallest absolute Gasteiger partial charge is 0.251 e. The van der Waals surface area contributed by atoms with Crippen molar-refractivity contribution in [2.24, 2.45) is 11.7 Å². The van der Waals surface area contributed by atoms with Crippen LogP contribution in [0.5, 0.6) is 11.5 Å². The van der Waals surface area contributed by atoms with E-state index in [1.807, 2.05) is 6.07 Å². The first-order valence-electron chi connectivity index (χ1n) is 12.0. The van der Waals surface area contributed by atoms with E-state index in [9.17, 15) is 9.59 Å². The van der Waals surface area contributed by atoms with Gasteiger partial charge in [-0.25, -0.2) is 9.97 Å². The van der Waals surface area contributed by atoms with Crippen molar-refractivity contribution < 1.29 is 14.3 Å². The average Bonchev–Trinajstić information content (AvgIpc) is 2.88. The Kier molecular flexibility index (Phi) is 6.74. The summed E-state index contributed by atoms with van der Waals surface area (Å²) in [6.07, 6.45) is 7.54. The van der Waals surface area contributed by atoms with Crippen LogP contribution in [0.2, 0.25) is 0 Å². The lowest BCUT2D eigenvalue weighted by atomic mass is 9.81. The Morgan fingerprint density at radius 2 is 2.03 bits per heavy atom. The predicted molar refractivity (Wildman–Crippen MR) is 129 cm³/mol. The monoisotopic (exact) mass is 478 g/mol. The number of hydrogen-bond donors (Lipinski definition) is 2. The Hall–Kier alpha value is -3.37. The lowest BCUT2D eigenvalue weighted by molar-refractivity contribution is -0.121. The maximum Gasteiger partial charge on any atom is 0.251 e. The molecule has 1 aliphatic heterocycles. The maximum absolute atomic E-state index is 12.6. The molecule has 0 saturated heterocycles. The normalized spacial score (nSPS) is 20.8. The molecule has 0 amide bonds. The number of pyridine rings is 2. The first kappa shape index (κ1) is 23.4. The standard InChI is InChI=1S/C25H30N6O4/c1-34-18-9-22-20(28-10-18)6-7-25(33)31(22)13-19(26)15-2-4-16(5-3-15)27-12-24-29-11-23-21(30-24)8-17(32)14-35-23/h6-7,9-11,15-16,19,27H,2-5,8,12-14,26H2,1H3. The van der Waals surface area contributed by atoms with E-state index in [1.165, 1.54) is 0 Å². The molecule has 10 nitrogen and oxygen atoms in total. The van der Waals surface area contributed by atoms with E-state index in [4.69, 9.17) is 15.2 Å². The van der Waals surface area contributed by atoms with Crippen LogP contribution in [0.1, 0.15) is 37.2 Å². The van der Waals surface area contributed by atoms with E-state index in [1.54, 1.807) is 36.2 Å². The van der Waals surface area contributed by atoms with Gasteiger partial charge in [0.1, 0.15) is 18.2 Å². The number of fused-ring (bicyclic) bond motifs is 2. The number of nitrogens with two attached hydrogens (primary N) is 1. The van der Waals surface area contributed by atoms with Gasteiger partial charge in [-0.15, -0.1) is 0 Å². The molecule has 0 aromatic carbocycles. The molecular weight excluding hydrogens is 448 g/mol. The molecule has 0 spiro atoms. The lowest BCUT2D eigenvalue weighted by Crippen LogP contribution is -2.42. The largest absolute Gasteiger partial charge is 0.495 e. The topological polar surface area (TPSA) is 134 Å². The van der Waals surface area contributed by atoms with Crippen LogP contribution in [-0.4, -0.2) is 51.1 Å². The summed E-state index contributed by atoms with van der Waals surface area (Å²) >= 11 is 0. The molecule has 0 radical (unpaired) electrons. The molecule has 3 aromatic rings. The van der Waals surface area contributed by atoms with E-state index in [0.717, 1.165) is 36.7 Å². The fraction of sp³-hybridized carbons (Fsp3) is 0.480. The third kappa shape index (κ3) is 5.18. The molecule has 1 atom stereocenters. The number of aromatic nitrogens is 4. The van der Waals surface area contributed by atoms with Crippen LogP contribution in [0.3, 0.4) is 0 Å². The van der Waals surface area contributed by atoms with Crippen molar-refractivity contribution >= 4 is 16.8 Å². The van der Waals surface area contributed by atoms with Crippen molar-refractivity contribution in [2.45, 2.75) is 57.3 Å². The molecule has 5 rings (SSSR count). The van der Waals surface area contributed by atoms with Gasteiger partial charge < -0.3 is 25.1 Å². The number of carbonyl (C=O) groups excluding carboxylic acids is 1. The van der Waals surface area contributed by atoms with E-state index < -0.39 is 0 Å². The molecule has 1 fully saturated rings. The van der Waals surface area contributed by atoms with Crippen molar-refractivity contribution in [3.8, 4) is 11.5 Å². The van der Waals surface area contributed by atoms with Gasteiger partial charge in [-0.3, -0.25) is 14.6 Å². The van der Waals surface area contributed by atoms with Gasteiger partial charge in [-0.05, 0) is 37.7 Å². The Labute approximate surface area is 202 Å². The van der Waals surface area contributed by atoms with Crippen molar-refractivity contribution in [2.75, 3.05) is 13.7 Å². The van der Waals surface area contributed by atoms with E-state index in [-0.39, 0.29) is 24.0 Å². The Bertz CT molecular complexity index is 1280. The zero-order chi connectivity index (χ0) is 24.4. The van der Waals surface area contributed by atoms with Crippen LogP contribution in [0.25, 0.3) is 11.0 Å². The quantitative estimate of drug-likeness (QED) is 0.516. The van der Waals surface area contributed by atoms with Gasteiger partial charge in [0.05, 0.1) is 49.2 Å². The highest BCUT2D eigenvalue weighted by Crippen LogP contribution is 2.28. The minimum absolute atomic E-state index is 0.0333. The second kappa shape index (κ2) is 10.1. The summed E-state index contributed by atoms with van der Waals surface area (Å²) < 4.78 is 12.4. The Morgan fingerprint density at radius 3 is 2.83 bits per heavy atom. The van der Waals surface area contributed by atoms with E-state index in [2.05, 4.69) is 20.3 Å². The number of nitrogens with one attached hydrogen (secondary N) is 1. The number of ether oxygens (including phenoxy) is 2. The van der Waals surface area contributed by atoms with E-state index in [0.29, 0.717) is 54.5 Å². The first-order valence-corrected chi connectivity index (χ1v) is 12.0. The highest BCUT2D eigenvalue weighted by molar-refractivity contribution is 5.83. The molecule has 1 unspecified atom stereocenters. The average molecular weight is 479 g/mol. The second-order valence-electron chi connectivity index (χ2n) is 9.32. The number of Topliss-reactive ketones (excluding diaryl/α,β-unsaturated/α-hetero) is 1. The maximum atomic E-state index is 12.6. The van der Waals surface area contributed by atoms with Crippen LogP contribution >= 0.6 is 0 Å². The number of hydrogen-bond acceptors (Lipinski definition) is 9. The molecule has 0 bridgehead atoms. The van der Waals surface area contributed by atoms with Gasteiger partial charge in [0.15, 0.2) is 11.5 Å². The Balaban J connectivity index is 1.17. The molecule has 3 N–H and O–H groups in total. The minimum Gasteiger partial charge on any atom is -0.495 e. The molecule has 2 aliphatic rings. The van der Waals surface area contributed by atoms with Crippen LogP contribution in [0.15, 0.2) is 35.4 Å². The predicted octanol–water partition coefficient (Wildman–Crippen LogP) is 1.38. The zero-order valence-electron chi connectivity index (χ0n) is 19.8. The summed E-state index contributed by atoms with van der Waals surface area (Å²) in [6.45, 7) is 1.08. The molecule has 3 aromatic heterocycles. The lowest BCUT2D eigenvalue weighted by Gasteiger charge is -2.33. The number of rotatable bonds is 7. The van der Waals surface area contributed by atoms with Crippen LogP contribution in [0.4, 0.5) is 0 Å². The van der Waals surface area contributed by atoms with Gasteiger partial charge in [0.2, 0.25) is 0 Å². The zero-order valence-corrected chi connectivity index (χ0v) is 19.8. The summed E-state index contributed by atoms with van der Waals surface area (Å²) in [6, 6.07) is 5.33. The molecule has 1 saturated carbocycles. The van der Waals surface area contributed by atoms with Gasteiger partial charge in [0, 0.05) is 30.8 Å². The van der Waals surface area contributed by atoms with Gasteiger partial charge in [-0.1, -0.05) is 0 Å². The molecule has 1 aliphatic carbocycles. The number of ketones is 1. The summed E-state index contributed by atoms with van der Waals surface area (Å²) in [7, 11) is 1.58. The molecule has 10 heteroatoms. The molecule has 4 heterocycles. The van der Waals surface area contributed by atoms with Crippen molar-refractivity contribution in [1.82, 2.24) is 24.8 Å². The number of methoxy groups -OCH3 is 1. The van der Waals surface area contributed by atoms with Gasteiger partial charge in [-0.2, -0.15) is 0 Å². The molecule has 184 valence electrons. The van der Waals surface area contributed by atoms with Crippen LogP contribution in [0, 0.1) is 5.92 Å². The second-order valence-corrected chi connectivity index (χ2v) is 9.32. The minimum atomic E-state index is -0.132.